The molecule has 0 spiro atoms. The molecule has 0 bridgehead atoms. The van der Waals surface area contributed by atoms with E-state index in [0.717, 1.165) is 0 Å². The molecule has 0 aromatic heterocycles. The normalized spacial score (nSPS) is 15.9. The van der Waals surface area contributed by atoms with Crippen LogP contribution in [0.25, 0.3) is 0 Å². The SMILES string of the molecule is CCOc1ccc(NC(=O)[C@@H](C)OC(=O)C[C@@H]2Oc3ccccc3NC2=O)cc1. The van der Waals surface area contributed by atoms with Gasteiger partial charge in [-0.15, -0.1) is 0 Å². The number of para-hydroxylation sites is 2. The molecule has 2 amide bonds. The highest BCUT2D eigenvalue weighted by Crippen LogP contribution is 2.29. The van der Waals surface area contributed by atoms with Crippen LogP contribution in [0.5, 0.6) is 11.5 Å². The molecule has 2 atom stereocenters. The number of benzene rings is 2. The zero-order chi connectivity index (χ0) is 20.8. The number of fused-ring (bicyclic) bond motifs is 1. The van der Waals surface area contributed by atoms with Crippen molar-refractivity contribution < 1.29 is 28.6 Å². The van der Waals surface area contributed by atoms with Crippen molar-refractivity contribution in [3.63, 3.8) is 0 Å². The van der Waals surface area contributed by atoms with E-state index in [1.54, 1.807) is 48.5 Å². The van der Waals surface area contributed by atoms with Gasteiger partial charge in [0.1, 0.15) is 11.5 Å². The zero-order valence-corrected chi connectivity index (χ0v) is 16.1. The van der Waals surface area contributed by atoms with Crippen LogP contribution in [-0.4, -0.2) is 36.6 Å². The van der Waals surface area contributed by atoms with Crippen molar-refractivity contribution in [3.8, 4) is 11.5 Å². The molecule has 8 heteroatoms. The summed E-state index contributed by atoms with van der Waals surface area (Å²) in [5.74, 6) is -0.462. The predicted octanol–water partition coefficient (Wildman–Crippen LogP) is 2.75. The highest BCUT2D eigenvalue weighted by Gasteiger charge is 2.31. The van der Waals surface area contributed by atoms with E-state index < -0.39 is 30.0 Å². The van der Waals surface area contributed by atoms with Crippen LogP contribution in [0.2, 0.25) is 0 Å². The summed E-state index contributed by atoms with van der Waals surface area (Å²) in [5, 5.41) is 5.34. The monoisotopic (exact) mass is 398 g/mol. The Labute approximate surface area is 168 Å². The maximum atomic E-state index is 12.2. The van der Waals surface area contributed by atoms with Crippen molar-refractivity contribution in [2.75, 3.05) is 17.2 Å². The molecule has 0 saturated carbocycles. The number of hydrogen-bond acceptors (Lipinski definition) is 6. The average molecular weight is 398 g/mol. The van der Waals surface area contributed by atoms with Crippen LogP contribution < -0.4 is 20.1 Å². The van der Waals surface area contributed by atoms with Crippen molar-refractivity contribution in [1.29, 1.82) is 0 Å². The standard InChI is InChI=1S/C21H22N2O6/c1-3-27-15-10-8-14(9-11-15)22-20(25)13(2)28-19(24)12-18-21(26)23-16-6-4-5-7-17(16)29-18/h4-11,13,18H,3,12H2,1-2H3,(H,22,25)(H,23,26)/t13-,18+/m1/s1. The summed E-state index contributed by atoms with van der Waals surface area (Å²) in [6.07, 6.45) is -2.35. The summed E-state index contributed by atoms with van der Waals surface area (Å²) in [4.78, 5) is 36.5. The topological polar surface area (TPSA) is 103 Å². The first-order valence-electron chi connectivity index (χ1n) is 9.26. The lowest BCUT2D eigenvalue weighted by Crippen LogP contribution is -2.40. The van der Waals surface area contributed by atoms with Crippen molar-refractivity contribution in [3.05, 3.63) is 48.5 Å². The molecule has 0 fully saturated rings. The van der Waals surface area contributed by atoms with Crippen LogP contribution in [0.1, 0.15) is 20.3 Å². The summed E-state index contributed by atoms with van der Waals surface area (Å²) in [6, 6.07) is 13.8. The summed E-state index contributed by atoms with van der Waals surface area (Å²) >= 11 is 0. The minimum Gasteiger partial charge on any atom is -0.494 e. The van der Waals surface area contributed by atoms with Crippen LogP contribution in [0.15, 0.2) is 48.5 Å². The minimum absolute atomic E-state index is 0.305. The average Bonchev–Trinajstić information content (AvgIpc) is 2.70. The lowest BCUT2D eigenvalue weighted by atomic mass is 10.1. The van der Waals surface area contributed by atoms with Crippen LogP contribution in [0.3, 0.4) is 0 Å². The molecule has 29 heavy (non-hydrogen) atoms. The van der Waals surface area contributed by atoms with Crippen LogP contribution in [-0.2, 0) is 19.1 Å². The maximum absolute atomic E-state index is 12.2. The third-order valence-electron chi connectivity index (χ3n) is 4.17. The molecule has 0 saturated heterocycles. The predicted molar refractivity (Wildman–Crippen MR) is 106 cm³/mol. The number of anilines is 2. The smallest absolute Gasteiger partial charge is 0.310 e. The van der Waals surface area contributed by atoms with Gasteiger partial charge in [0.25, 0.3) is 11.8 Å². The Hall–Kier alpha value is -3.55. The van der Waals surface area contributed by atoms with Gasteiger partial charge in [-0.3, -0.25) is 14.4 Å². The Morgan fingerprint density at radius 1 is 1.17 bits per heavy atom. The summed E-state index contributed by atoms with van der Waals surface area (Å²) in [7, 11) is 0. The van der Waals surface area contributed by atoms with Gasteiger partial charge < -0.3 is 24.8 Å². The molecule has 1 aliphatic heterocycles. The number of rotatable bonds is 7. The Morgan fingerprint density at radius 3 is 2.62 bits per heavy atom. The van der Waals surface area contributed by atoms with Gasteiger partial charge in [0.05, 0.1) is 18.7 Å². The number of amides is 2. The third kappa shape index (κ3) is 5.25. The molecule has 0 aliphatic carbocycles. The van der Waals surface area contributed by atoms with E-state index in [-0.39, 0.29) is 6.42 Å². The summed E-state index contributed by atoms with van der Waals surface area (Å²) in [6.45, 7) is 3.89. The Balaban J connectivity index is 1.51. The largest absolute Gasteiger partial charge is 0.494 e. The zero-order valence-electron chi connectivity index (χ0n) is 16.1. The Morgan fingerprint density at radius 2 is 1.90 bits per heavy atom. The summed E-state index contributed by atoms with van der Waals surface area (Å²) < 4.78 is 16.1. The third-order valence-corrected chi connectivity index (χ3v) is 4.17. The number of esters is 1. The van der Waals surface area contributed by atoms with E-state index in [2.05, 4.69) is 10.6 Å². The fourth-order valence-corrected chi connectivity index (χ4v) is 2.72. The lowest BCUT2D eigenvalue weighted by molar-refractivity contribution is -0.155. The second-order valence-electron chi connectivity index (χ2n) is 6.37. The maximum Gasteiger partial charge on any atom is 0.310 e. The molecule has 8 nitrogen and oxygen atoms in total. The molecule has 2 N–H and O–H groups in total. The van der Waals surface area contributed by atoms with Crippen molar-refractivity contribution in [2.45, 2.75) is 32.5 Å². The fourth-order valence-electron chi connectivity index (χ4n) is 2.72. The van der Waals surface area contributed by atoms with Crippen LogP contribution in [0.4, 0.5) is 11.4 Å². The highest BCUT2D eigenvalue weighted by atomic mass is 16.6. The molecular weight excluding hydrogens is 376 g/mol. The molecule has 1 aliphatic rings. The minimum atomic E-state index is -1.03. The number of carbonyl (C=O) groups excluding carboxylic acids is 3. The number of hydrogen-bond donors (Lipinski definition) is 2. The molecule has 0 radical (unpaired) electrons. The number of ether oxygens (including phenoxy) is 3. The van der Waals surface area contributed by atoms with E-state index in [0.29, 0.717) is 29.5 Å². The van der Waals surface area contributed by atoms with E-state index in [9.17, 15) is 14.4 Å². The van der Waals surface area contributed by atoms with Crippen LogP contribution >= 0.6 is 0 Å². The Kier molecular flexibility index (Phi) is 6.33. The molecular formula is C21H22N2O6. The van der Waals surface area contributed by atoms with Gasteiger partial charge >= 0.3 is 5.97 Å². The van der Waals surface area contributed by atoms with Crippen molar-refractivity contribution >= 4 is 29.2 Å². The lowest BCUT2D eigenvalue weighted by Gasteiger charge is -2.25. The van der Waals surface area contributed by atoms with Crippen LogP contribution in [0, 0.1) is 0 Å². The molecule has 1 heterocycles. The van der Waals surface area contributed by atoms with E-state index >= 15 is 0 Å². The quantitative estimate of drug-likeness (QED) is 0.695. The first-order chi connectivity index (χ1) is 14.0. The molecule has 3 rings (SSSR count). The van der Waals surface area contributed by atoms with E-state index in [4.69, 9.17) is 14.2 Å². The summed E-state index contributed by atoms with van der Waals surface area (Å²) in [5.41, 5.74) is 1.10. The molecule has 2 aromatic carbocycles. The van der Waals surface area contributed by atoms with Gasteiger partial charge in [0, 0.05) is 5.69 Å². The van der Waals surface area contributed by atoms with E-state index in [1.807, 2.05) is 6.92 Å². The highest BCUT2D eigenvalue weighted by molar-refractivity contribution is 6.00. The van der Waals surface area contributed by atoms with Crippen molar-refractivity contribution in [2.24, 2.45) is 0 Å². The van der Waals surface area contributed by atoms with Crippen molar-refractivity contribution in [1.82, 2.24) is 0 Å². The second kappa shape index (κ2) is 9.09. The molecule has 152 valence electrons. The first-order valence-corrected chi connectivity index (χ1v) is 9.26. The van der Waals surface area contributed by atoms with Gasteiger partial charge in [-0.05, 0) is 50.2 Å². The fraction of sp³-hybridized carbons (Fsp3) is 0.286. The molecule has 2 aromatic rings. The van der Waals surface area contributed by atoms with Gasteiger partial charge in [0.2, 0.25) is 0 Å². The molecule has 0 unspecified atom stereocenters. The number of nitrogens with one attached hydrogen (secondary N) is 2. The van der Waals surface area contributed by atoms with Gasteiger partial charge in [-0.2, -0.15) is 0 Å². The van der Waals surface area contributed by atoms with E-state index in [1.165, 1.54) is 6.92 Å². The Bertz CT molecular complexity index is 896. The number of carbonyl (C=O) groups is 3. The van der Waals surface area contributed by atoms with Gasteiger partial charge in [0.15, 0.2) is 12.2 Å². The van der Waals surface area contributed by atoms with Gasteiger partial charge in [-0.1, -0.05) is 12.1 Å². The van der Waals surface area contributed by atoms with Gasteiger partial charge in [-0.25, -0.2) is 0 Å². The first kappa shape index (κ1) is 20.2. The second-order valence-corrected chi connectivity index (χ2v) is 6.37.